The number of thioether (sulfide) groups is 1. The molecule has 5 nitrogen and oxygen atoms in total. The van der Waals surface area contributed by atoms with Crippen LogP contribution in [0.1, 0.15) is 12.5 Å². The Morgan fingerprint density at radius 1 is 1.53 bits per heavy atom. The van der Waals surface area contributed by atoms with E-state index in [4.69, 9.17) is 10.5 Å². The minimum Gasteiger partial charge on any atom is -0.496 e. The molecule has 1 rings (SSSR count). The van der Waals surface area contributed by atoms with E-state index < -0.39 is 17.2 Å². The first-order chi connectivity index (χ1) is 8.93. The third kappa shape index (κ3) is 4.78. The molecule has 0 saturated heterocycles. The van der Waals surface area contributed by atoms with Gasteiger partial charge in [-0.3, -0.25) is 10.1 Å². The van der Waals surface area contributed by atoms with Crippen LogP contribution >= 0.6 is 11.8 Å². The standard InChI is InChI=1S/C12H15FN2O3S/c1-7(11(16)15-12(14)17)19-6-8-5-9(13)3-4-10(8)18-2/h3-5,7H,6H2,1-2H3,(H3,14,15,16,17)/t7-/m1/s1. The number of amides is 3. The molecule has 7 heteroatoms. The summed E-state index contributed by atoms with van der Waals surface area (Å²) in [5, 5.41) is 1.51. The van der Waals surface area contributed by atoms with Gasteiger partial charge in [-0.15, -0.1) is 11.8 Å². The van der Waals surface area contributed by atoms with Crippen LogP contribution in [0.4, 0.5) is 9.18 Å². The predicted molar refractivity (Wildman–Crippen MR) is 71.4 cm³/mol. The van der Waals surface area contributed by atoms with Gasteiger partial charge in [0.2, 0.25) is 5.91 Å². The number of carbonyl (C=O) groups excluding carboxylic acids is 2. The highest BCUT2D eigenvalue weighted by atomic mass is 32.2. The molecule has 0 aromatic heterocycles. The zero-order valence-electron chi connectivity index (χ0n) is 10.6. The normalized spacial score (nSPS) is 11.7. The Labute approximate surface area is 114 Å². The molecule has 3 N–H and O–H groups in total. The summed E-state index contributed by atoms with van der Waals surface area (Å²) in [6.45, 7) is 1.63. The largest absolute Gasteiger partial charge is 0.496 e. The highest BCUT2D eigenvalue weighted by molar-refractivity contribution is 7.99. The summed E-state index contributed by atoms with van der Waals surface area (Å²) in [6.07, 6.45) is 0. The van der Waals surface area contributed by atoms with Crippen LogP contribution in [0.2, 0.25) is 0 Å². The zero-order chi connectivity index (χ0) is 14.4. The number of imide groups is 1. The second-order valence-electron chi connectivity index (χ2n) is 3.76. The minimum absolute atomic E-state index is 0.370. The van der Waals surface area contributed by atoms with E-state index in [1.807, 2.05) is 5.32 Å². The molecule has 1 aromatic rings. The lowest BCUT2D eigenvalue weighted by Crippen LogP contribution is -2.39. The molecule has 0 bridgehead atoms. The van der Waals surface area contributed by atoms with Crippen LogP contribution in [0.3, 0.4) is 0 Å². The number of urea groups is 1. The second-order valence-corrected chi connectivity index (χ2v) is 5.09. The first-order valence-electron chi connectivity index (χ1n) is 5.48. The topological polar surface area (TPSA) is 81.4 Å². The van der Waals surface area contributed by atoms with Crippen molar-refractivity contribution in [2.45, 2.75) is 17.9 Å². The average molecular weight is 286 g/mol. The van der Waals surface area contributed by atoms with Gasteiger partial charge in [0.05, 0.1) is 12.4 Å². The van der Waals surface area contributed by atoms with Gasteiger partial charge in [-0.05, 0) is 25.1 Å². The van der Waals surface area contributed by atoms with E-state index in [-0.39, 0.29) is 5.82 Å². The Morgan fingerprint density at radius 2 is 2.21 bits per heavy atom. The summed E-state index contributed by atoms with van der Waals surface area (Å²) in [6, 6.07) is 3.29. The van der Waals surface area contributed by atoms with Gasteiger partial charge in [0.25, 0.3) is 0 Å². The fourth-order valence-electron chi connectivity index (χ4n) is 1.37. The molecule has 0 aliphatic rings. The number of carbonyl (C=O) groups is 2. The van der Waals surface area contributed by atoms with Crippen LogP contribution in [-0.2, 0) is 10.5 Å². The summed E-state index contributed by atoms with van der Waals surface area (Å²) < 4.78 is 18.2. The van der Waals surface area contributed by atoms with Crippen molar-refractivity contribution in [2.24, 2.45) is 5.73 Å². The van der Waals surface area contributed by atoms with Crippen molar-refractivity contribution < 1.29 is 18.7 Å². The van der Waals surface area contributed by atoms with Crippen LogP contribution in [0, 0.1) is 5.82 Å². The quantitative estimate of drug-likeness (QED) is 0.862. The maximum Gasteiger partial charge on any atom is 0.318 e. The van der Waals surface area contributed by atoms with E-state index >= 15 is 0 Å². The fourth-order valence-corrected chi connectivity index (χ4v) is 2.24. The molecule has 0 radical (unpaired) electrons. The third-order valence-corrected chi connectivity index (χ3v) is 3.54. The van der Waals surface area contributed by atoms with Gasteiger partial charge in [0.1, 0.15) is 11.6 Å². The molecule has 3 amide bonds. The van der Waals surface area contributed by atoms with Crippen LogP contribution in [0.25, 0.3) is 0 Å². The summed E-state index contributed by atoms with van der Waals surface area (Å²) in [7, 11) is 1.49. The number of hydrogen-bond donors (Lipinski definition) is 2. The van der Waals surface area contributed by atoms with Crippen molar-refractivity contribution in [3.05, 3.63) is 29.6 Å². The van der Waals surface area contributed by atoms with Crippen molar-refractivity contribution in [3.8, 4) is 5.75 Å². The monoisotopic (exact) mass is 286 g/mol. The third-order valence-electron chi connectivity index (χ3n) is 2.35. The van der Waals surface area contributed by atoms with Crippen molar-refractivity contribution in [1.29, 1.82) is 0 Å². The number of nitrogens with two attached hydrogens (primary N) is 1. The van der Waals surface area contributed by atoms with Crippen molar-refractivity contribution in [2.75, 3.05) is 7.11 Å². The molecular weight excluding hydrogens is 271 g/mol. The highest BCUT2D eigenvalue weighted by Gasteiger charge is 2.16. The van der Waals surface area contributed by atoms with Gasteiger partial charge < -0.3 is 10.5 Å². The van der Waals surface area contributed by atoms with E-state index in [9.17, 15) is 14.0 Å². The number of rotatable bonds is 5. The summed E-state index contributed by atoms with van der Waals surface area (Å²) in [5.41, 5.74) is 5.50. The van der Waals surface area contributed by atoms with Gasteiger partial charge in [0, 0.05) is 11.3 Å². The Balaban J connectivity index is 2.63. The lowest BCUT2D eigenvalue weighted by atomic mass is 10.2. The molecule has 19 heavy (non-hydrogen) atoms. The smallest absolute Gasteiger partial charge is 0.318 e. The van der Waals surface area contributed by atoms with E-state index in [1.165, 1.54) is 37.1 Å². The minimum atomic E-state index is -0.888. The van der Waals surface area contributed by atoms with Gasteiger partial charge in [-0.1, -0.05) is 0 Å². The molecule has 0 unspecified atom stereocenters. The molecule has 0 fully saturated rings. The van der Waals surface area contributed by atoms with Gasteiger partial charge >= 0.3 is 6.03 Å². The van der Waals surface area contributed by atoms with Gasteiger partial charge in [0.15, 0.2) is 0 Å². The van der Waals surface area contributed by atoms with Crippen LogP contribution < -0.4 is 15.8 Å². The maximum absolute atomic E-state index is 13.1. The van der Waals surface area contributed by atoms with Crippen LogP contribution in [0.5, 0.6) is 5.75 Å². The van der Waals surface area contributed by atoms with Crippen molar-refractivity contribution in [3.63, 3.8) is 0 Å². The molecule has 0 aliphatic heterocycles. The Kier molecular flexibility index (Phi) is 5.62. The molecule has 0 spiro atoms. The summed E-state index contributed by atoms with van der Waals surface area (Å²) in [5.74, 6) is 0.0868. The number of hydrogen-bond acceptors (Lipinski definition) is 4. The molecule has 104 valence electrons. The van der Waals surface area contributed by atoms with E-state index in [0.29, 0.717) is 17.1 Å². The molecule has 1 aromatic carbocycles. The highest BCUT2D eigenvalue weighted by Crippen LogP contribution is 2.26. The number of benzene rings is 1. The first-order valence-corrected chi connectivity index (χ1v) is 6.53. The maximum atomic E-state index is 13.1. The summed E-state index contributed by atoms with van der Waals surface area (Å²) >= 11 is 1.25. The van der Waals surface area contributed by atoms with E-state index in [1.54, 1.807) is 6.92 Å². The zero-order valence-corrected chi connectivity index (χ0v) is 11.4. The number of primary amides is 1. The number of nitrogens with one attached hydrogen (secondary N) is 1. The Bertz CT molecular complexity index is 482. The SMILES string of the molecule is COc1ccc(F)cc1CS[C@H](C)C(=O)NC(N)=O. The number of methoxy groups -OCH3 is 1. The summed E-state index contributed by atoms with van der Waals surface area (Å²) in [4.78, 5) is 22.0. The fraction of sp³-hybridized carbons (Fsp3) is 0.333. The van der Waals surface area contributed by atoms with Crippen LogP contribution in [0.15, 0.2) is 18.2 Å². The number of halogens is 1. The van der Waals surface area contributed by atoms with Crippen molar-refractivity contribution in [1.82, 2.24) is 5.32 Å². The molecular formula is C12H15FN2O3S. The predicted octanol–water partition coefficient (Wildman–Crippen LogP) is 1.65. The molecule has 1 atom stereocenters. The lowest BCUT2D eigenvalue weighted by molar-refractivity contribution is -0.119. The Hall–Kier alpha value is -1.76. The van der Waals surface area contributed by atoms with E-state index in [0.717, 1.165) is 0 Å². The molecule has 0 heterocycles. The second kappa shape index (κ2) is 6.98. The van der Waals surface area contributed by atoms with Gasteiger partial charge in [-0.2, -0.15) is 0 Å². The Morgan fingerprint density at radius 3 is 2.79 bits per heavy atom. The van der Waals surface area contributed by atoms with Gasteiger partial charge in [-0.25, -0.2) is 9.18 Å². The first kappa shape index (κ1) is 15.3. The molecule has 0 aliphatic carbocycles. The van der Waals surface area contributed by atoms with Crippen LogP contribution in [-0.4, -0.2) is 24.3 Å². The average Bonchev–Trinajstić information content (AvgIpc) is 2.35. The molecule has 0 saturated carbocycles. The van der Waals surface area contributed by atoms with Crippen molar-refractivity contribution >= 4 is 23.7 Å². The number of ether oxygens (including phenoxy) is 1. The lowest BCUT2D eigenvalue weighted by Gasteiger charge is -2.12. The van der Waals surface area contributed by atoms with E-state index in [2.05, 4.69) is 0 Å².